The monoisotopic (exact) mass is 287 g/mol. The Labute approximate surface area is 128 Å². The number of hydrogen-bond donors (Lipinski definition) is 0. The highest BCUT2D eigenvalue weighted by Crippen LogP contribution is 2.12. The molecule has 0 unspecified atom stereocenters. The minimum Gasteiger partial charge on any atom is -0.870 e. The van der Waals surface area contributed by atoms with E-state index in [4.69, 9.17) is 0 Å². The molecule has 0 radical (unpaired) electrons. The molecule has 0 aliphatic heterocycles. The number of nitrogens with zero attached hydrogens (tertiary/aromatic N) is 1. The average molecular weight is 288 g/mol. The fourth-order valence-electron chi connectivity index (χ4n) is 2.54. The molecule has 0 aromatic rings. The van der Waals surface area contributed by atoms with Crippen LogP contribution in [0, 0.1) is 0 Å². The van der Waals surface area contributed by atoms with Crippen LogP contribution in [0.3, 0.4) is 0 Å². The van der Waals surface area contributed by atoms with Crippen LogP contribution in [0.1, 0.15) is 90.9 Å². The van der Waals surface area contributed by atoms with E-state index in [2.05, 4.69) is 27.9 Å². The van der Waals surface area contributed by atoms with Gasteiger partial charge in [-0.15, -0.1) is 0 Å². The fraction of sp³-hybridized carbons (Fsp3) is 1.00. The highest BCUT2D eigenvalue weighted by Gasteiger charge is 2.09. The van der Waals surface area contributed by atoms with Crippen molar-refractivity contribution in [2.45, 2.75) is 90.9 Å². The second-order valence-electron chi connectivity index (χ2n) is 6.86. The highest BCUT2D eigenvalue weighted by atomic mass is 16.0. The first-order valence-corrected chi connectivity index (χ1v) is 8.94. The fourth-order valence-corrected chi connectivity index (χ4v) is 2.54. The summed E-state index contributed by atoms with van der Waals surface area (Å²) in [5.41, 5.74) is 0. The van der Waals surface area contributed by atoms with Gasteiger partial charge in [-0.2, -0.15) is 0 Å². The van der Waals surface area contributed by atoms with Crippen molar-refractivity contribution in [3.8, 4) is 0 Å². The summed E-state index contributed by atoms with van der Waals surface area (Å²) in [4.78, 5) is 0. The smallest absolute Gasteiger partial charge is 0.0782 e. The van der Waals surface area contributed by atoms with Crippen molar-refractivity contribution in [3.63, 3.8) is 0 Å². The third-order valence-corrected chi connectivity index (χ3v) is 4.47. The van der Waals surface area contributed by atoms with E-state index in [-0.39, 0.29) is 5.48 Å². The van der Waals surface area contributed by atoms with Crippen molar-refractivity contribution in [1.29, 1.82) is 0 Å². The third-order valence-electron chi connectivity index (χ3n) is 4.47. The first-order valence-electron chi connectivity index (χ1n) is 8.94. The topological polar surface area (TPSA) is 30.0 Å². The quantitative estimate of drug-likeness (QED) is 0.302. The van der Waals surface area contributed by atoms with Crippen LogP contribution in [0.15, 0.2) is 0 Å². The molecule has 0 bridgehead atoms. The molecule has 20 heavy (non-hydrogen) atoms. The standard InChI is InChI=1S/C18H40N.H2O/c1-5-7-8-9-10-11-12-13-14-15-16-17-18-19(3,4)6-2;/h5-18H2,1-4H3;1H2/q+1;/p-1. The molecule has 0 heterocycles. The summed E-state index contributed by atoms with van der Waals surface area (Å²) in [5.74, 6) is 0. The van der Waals surface area contributed by atoms with Gasteiger partial charge in [0.25, 0.3) is 0 Å². The second-order valence-corrected chi connectivity index (χ2v) is 6.86. The van der Waals surface area contributed by atoms with E-state index in [0.29, 0.717) is 0 Å². The van der Waals surface area contributed by atoms with Gasteiger partial charge in [0, 0.05) is 0 Å². The first kappa shape index (κ1) is 22.2. The van der Waals surface area contributed by atoms with E-state index in [1.807, 2.05) is 0 Å². The van der Waals surface area contributed by atoms with Gasteiger partial charge in [0.05, 0.1) is 27.2 Å². The van der Waals surface area contributed by atoms with Crippen molar-refractivity contribution in [3.05, 3.63) is 0 Å². The Balaban J connectivity index is 0. The SMILES string of the molecule is CCCCCCCCCCCCCC[N+](C)(C)CC.[OH-]. The van der Waals surface area contributed by atoms with Crippen LogP contribution >= 0.6 is 0 Å². The van der Waals surface area contributed by atoms with Gasteiger partial charge < -0.3 is 9.96 Å². The number of quaternary nitrogens is 1. The Kier molecular flexibility index (Phi) is 17.0. The van der Waals surface area contributed by atoms with Crippen LogP contribution in [0.4, 0.5) is 0 Å². The van der Waals surface area contributed by atoms with Gasteiger partial charge in [-0.25, -0.2) is 0 Å². The van der Waals surface area contributed by atoms with E-state index >= 15 is 0 Å². The number of hydrogen-bond acceptors (Lipinski definition) is 1. The lowest BCUT2D eigenvalue weighted by Gasteiger charge is -2.28. The van der Waals surface area contributed by atoms with E-state index < -0.39 is 0 Å². The summed E-state index contributed by atoms with van der Waals surface area (Å²) in [5, 5.41) is 0. The minimum atomic E-state index is 0. The Morgan fingerprint density at radius 2 is 0.900 bits per heavy atom. The van der Waals surface area contributed by atoms with Gasteiger partial charge in [0.15, 0.2) is 0 Å². The first-order chi connectivity index (χ1) is 9.12. The molecule has 124 valence electrons. The van der Waals surface area contributed by atoms with Gasteiger partial charge >= 0.3 is 0 Å². The van der Waals surface area contributed by atoms with Gasteiger partial charge in [0.1, 0.15) is 0 Å². The molecular weight excluding hydrogens is 246 g/mol. The van der Waals surface area contributed by atoms with Crippen molar-refractivity contribution >= 4 is 0 Å². The average Bonchev–Trinajstić information content (AvgIpc) is 2.40. The molecule has 0 amide bonds. The maximum Gasteiger partial charge on any atom is 0.0782 e. The molecule has 0 spiro atoms. The van der Waals surface area contributed by atoms with Crippen LogP contribution in [0.5, 0.6) is 0 Å². The predicted molar refractivity (Wildman–Crippen MR) is 90.5 cm³/mol. The van der Waals surface area contributed by atoms with Gasteiger partial charge in [-0.05, 0) is 19.8 Å². The van der Waals surface area contributed by atoms with Crippen molar-refractivity contribution in [1.82, 2.24) is 0 Å². The van der Waals surface area contributed by atoms with Crippen molar-refractivity contribution in [2.75, 3.05) is 27.2 Å². The molecule has 0 aliphatic rings. The molecule has 0 fully saturated rings. The molecule has 2 nitrogen and oxygen atoms in total. The van der Waals surface area contributed by atoms with E-state index in [0.717, 1.165) is 0 Å². The predicted octanol–water partition coefficient (Wildman–Crippen LogP) is 5.61. The lowest BCUT2D eigenvalue weighted by atomic mass is 10.1. The summed E-state index contributed by atoms with van der Waals surface area (Å²) in [7, 11) is 4.69. The molecule has 0 saturated heterocycles. The largest absolute Gasteiger partial charge is 0.870 e. The van der Waals surface area contributed by atoms with Gasteiger partial charge in [-0.1, -0.05) is 71.1 Å². The minimum absolute atomic E-state index is 0. The van der Waals surface area contributed by atoms with Crippen molar-refractivity contribution in [2.24, 2.45) is 0 Å². The Morgan fingerprint density at radius 1 is 0.550 bits per heavy atom. The molecule has 0 aliphatic carbocycles. The number of unbranched alkanes of at least 4 members (excludes halogenated alkanes) is 11. The normalized spacial score (nSPS) is 11.4. The third kappa shape index (κ3) is 16.0. The Bertz CT molecular complexity index is 180. The second kappa shape index (κ2) is 15.3. The molecule has 1 N–H and O–H groups in total. The molecule has 0 aromatic carbocycles. The van der Waals surface area contributed by atoms with Crippen molar-refractivity contribution < 1.29 is 9.96 Å². The van der Waals surface area contributed by atoms with Gasteiger partial charge in [-0.3, -0.25) is 0 Å². The molecule has 0 aromatic heterocycles. The van der Waals surface area contributed by atoms with E-state index in [9.17, 15) is 0 Å². The maximum absolute atomic E-state index is 2.35. The van der Waals surface area contributed by atoms with E-state index in [1.54, 1.807) is 0 Å². The van der Waals surface area contributed by atoms with E-state index in [1.165, 1.54) is 94.6 Å². The lowest BCUT2D eigenvalue weighted by molar-refractivity contribution is -0.888. The molecule has 0 saturated carbocycles. The van der Waals surface area contributed by atoms with Crippen LogP contribution in [-0.2, 0) is 0 Å². The molecule has 0 rings (SSSR count). The van der Waals surface area contributed by atoms with Gasteiger partial charge in [0.2, 0.25) is 0 Å². The van der Waals surface area contributed by atoms with Crippen LogP contribution < -0.4 is 0 Å². The maximum atomic E-state index is 2.35. The highest BCUT2D eigenvalue weighted by molar-refractivity contribution is 4.48. The zero-order valence-electron chi connectivity index (χ0n) is 14.8. The summed E-state index contributed by atoms with van der Waals surface area (Å²) >= 11 is 0. The van der Waals surface area contributed by atoms with Crippen LogP contribution in [-0.4, -0.2) is 37.1 Å². The summed E-state index contributed by atoms with van der Waals surface area (Å²) in [6, 6.07) is 0. The zero-order chi connectivity index (χ0) is 14.4. The molecule has 2 heteroatoms. The molecular formula is C18H41NO. The summed E-state index contributed by atoms with van der Waals surface area (Å²) in [6.07, 6.45) is 17.4. The van der Waals surface area contributed by atoms with Crippen LogP contribution in [0.2, 0.25) is 0 Å². The lowest BCUT2D eigenvalue weighted by Crippen LogP contribution is -2.39. The summed E-state index contributed by atoms with van der Waals surface area (Å²) < 4.78 is 1.19. The Hall–Kier alpha value is -0.0800. The molecule has 0 atom stereocenters. The Morgan fingerprint density at radius 3 is 1.25 bits per heavy atom. The van der Waals surface area contributed by atoms with Crippen LogP contribution in [0.25, 0.3) is 0 Å². The zero-order valence-corrected chi connectivity index (χ0v) is 14.8. The summed E-state index contributed by atoms with van der Waals surface area (Å²) in [6.45, 7) is 7.20. The number of rotatable bonds is 14.